The van der Waals surface area contributed by atoms with Crippen LogP contribution in [0.25, 0.3) is 0 Å². The molecule has 0 aliphatic heterocycles. The molecule has 3 rings (SSSR count). The smallest absolute Gasteiger partial charge is 0.264 e. The van der Waals surface area contributed by atoms with Crippen LogP contribution in [0.4, 0.5) is 5.69 Å². The molecule has 2 atom stereocenters. The Labute approximate surface area is 247 Å². The summed E-state index contributed by atoms with van der Waals surface area (Å²) in [6.07, 6.45) is 0.708. The lowest BCUT2D eigenvalue weighted by Crippen LogP contribution is -2.52. The molecule has 0 aromatic heterocycles. The van der Waals surface area contributed by atoms with Crippen LogP contribution in [0.2, 0.25) is 5.02 Å². The molecule has 2 unspecified atom stereocenters. The average Bonchev–Trinajstić information content (AvgIpc) is 2.98. The van der Waals surface area contributed by atoms with Gasteiger partial charge in [-0.15, -0.1) is 0 Å². The van der Waals surface area contributed by atoms with Crippen molar-refractivity contribution < 1.29 is 27.5 Å². The molecule has 0 fully saturated rings. The Bertz CT molecular complexity index is 1450. The number of nitrogens with one attached hydrogen (secondary N) is 1. The van der Waals surface area contributed by atoms with Crippen LogP contribution in [-0.2, 0) is 26.2 Å². The van der Waals surface area contributed by atoms with E-state index in [4.69, 9.17) is 21.1 Å². The molecule has 0 spiro atoms. The molecule has 2 amide bonds. The second kappa shape index (κ2) is 14.2. The Morgan fingerprint density at radius 2 is 1.66 bits per heavy atom. The third-order valence-corrected chi connectivity index (χ3v) is 8.68. The number of benzene rings is 3. The van der Waals surface area contributed by atoms with Gasteiger partial charge in [0.2, 0.25) is 11.8 Å². The Kier molecular flexibility index (Phi) is 11.0. The number of amides is 2. The topological polar surface area (TPSA) is 105 Å². The summed E-state index contributed by atoms with van der Waals surface area (Å²) in [4.78, 5) is 28.6. The highest BCUT2D eigenvalue weighted by Gasteiger charge is 2.34. The summed E-state index contributed by atoms with van der Waals surface area (Å²) in [7, 11) is -1.32. The van der Waals surface area contributed by atoms with Crippen LogP contribution >= 0.6 is 11.6 Å². The zero-order valence-corrected chi connectivity index (χ0v) is 25.4. The fourth-order valence-corrected chi connectivity index (χ4v) is 5.71. The van der Waals surface area contributed by atoms with Crippen molar-refractivity contribution in [2.45, 2.75) is 50.7 Å². The van der Waals surface area contributed by atoms with Gasteiger partial charge in [0.25, 0.3) is 10.0 Å². The van der Waals surface area contributed by atoms with Crippen LogP contribution in [-0.4, -0.2) is 58.0 Å². The predicted octanol–water partition coefficient (Wildman–Crippen LogP) is 4.88. The molecule has 0 heterocycles. The van der Waals surface area contributed by atoms with Gasteiger partial charge in [0, 0.05) is 17.6 Å². The quantitative estimate of drug-likeness (QED) is 0.299. The fourth-order valence-electron chi connectivity index (χ4n) is 4.11. The lowest BCUT2D eigenvalue weighted by atomic mass is 10.1. The number of sulfonamides is 1. The molecule has 3 aromatic carbocycles. The van der Waals surface area contributed by atoms with Gasteiger partial charge in [-0.05, 0) is 68.3 Å². The van der Waals surface area contributed by atoms with E-state index in [-0.39, 0.29) is 39.8 Å². The van der Waals surface area contributed by atoms with E-state index in [0.29, 0.717) is 17.7 Å². The lowest BCUT2D eigenvalue weighted by Gasteiger charge is -2.33. The molecule has 11 heteroatoms. The maximum Gasteiger partial charge on any atom is 0.264 e. The summed E-state index contributed by atoms with van der Waals surface area (Å²) in [5, 5.41) is 3.17. The monoisotopic (exact) mass is 601 g/mol. The zero-order valence-electron chi connectivity index (χ0n) is 23.8. The van der Waals surface area contributed by atoms with Crippen LogP contribution in [0.15, 0.2) is 77.7 Å². The fraction of sp³-hybridized carbons (Fsp3) is 0.333. The van der Waals surface area contributed by atoms with E-state index in [2.05, 4.69) is 5.32 Å². The minimum atomic E-state index is -4.26. The van der Waals surface area contributed by atoms with Gasteiger partial charge in [-0.25, -0.2) is 8.42 Å². The Hall–Kier alpha value is -3.76. The van der Waals surface area contributed by atoms with Crippen LogP contribution in [0, 0.1) is 0 Å². The van der Waals surface area contributed by atoms with Crippen LogP contribution < -0.4 is 19.1 Å². The minimum Gasteiger partial charge on any atom is -0.497 e. The molecule has 9 nitrogen and oxygen atoms in total. The number of hydrogen-bond acceptors (Lipinski definition) is 6. The molecule has 41 heavy (non-hydrogen) atoms. The van der Waals surface area contributed by atoms with Crippen molar-refractivity contribution in [1.82, 2.24) is 10.2 Å². The number of rotatable bonds is 13. The number of carbonyl (C=O) groups excluding carboxylic acids is 2. The molecular weight excluding hydrogens is 566 g/mol. The lowest BCUT2D eigenvalue weighted by molar-refractivity contribution is -0.139. The molecule has 220 valence electrons. The van der Waals surface area contributed by atoms with Crippen molar-refractivity contribution in [3.8, 4) is 11.5 Å². The SMILES string of the molecule is CCC(C)NC(=O)C(C)N(Cc1cccc(OC)c1)C(=O)CN(c1cc(Cl)ccc1OC)S(=O)(=O)c1ccccc1. The number of methoxy groups -OCH3 is 2. The second-order valence-corrected chi connectivity index (χ2v) is 11.8. The van der Waals surface area contributed by atoms with E-state index in [1.165, 1.54) is 43.4 Å². The molecule has 0 bridgehead atoms. The number of ether oxygens (including phenoxy) is 2. The van der Waals surface area contributed by atoms with Crippen molar-refractivity contribution in [1.29, 1.82) is 0 Å². The van der Waals surface area contributed by atoms with Gasteiger partial charge in [-0.1, -0.05) is 48.9 Å². The third kappa shape index (κ3) is 7.92. The highest BCUT2D eigenvalue weighted by molar-refractivity contribution is 7.92. The summed E-state index contributed by atoms with van der Waals surface area (Å²) < 4.78 is 39.7. The van der Waals surface area contributed by atoms with Crippen molar-refractivity contribution >= 4 is 39.1 Å². The first kappa shape index (κ1) is 31.8. The molecular formula is C30H36ClN3O6S. The molecule has 0 radical (unpaired) electrons. The second-order valence-electron chi connectivity index (χ2n) is 9.51. The molecule has 0 saturated heterocycles. The average molecular weight is 602 g/mol. The molecule has 0 aliphatic rings. The van der Waals surface area contributed by atoms with Gasteiger partial charge < -0.3 is 19.7 Å². The van der Waals surface area contributed by atoms with Crippen LogP contribution in [0.3, 0.4) is 0 Å². The largest absolute Gasteiger partial charge is 0.497 e. The standard InChI is InChI=1S/C30H36ClN3O6S/c1-6-21(2)32-30(36)22(3)33(19-23-11-10-12-25(17-23)39-4)29(35)20-34(27-18-24(31)15-16-28(27)40-5)41(37,38)26-13-8-7-9-14-26/h7-18,21-22H,6,19-20H2,1-5H3,(H,32,36). The summed E-state index contributed by atoms with van der Waals surface area (Å²) in [5.41, 5.74) is 0.800. The number of anilines is 1. The van der Waals surface area contributed by atoms with Crippen LogP contribution in [0.1, 0.15) is 32.8 Å². The number of hydrogen-bond donors (Lipinski definition) is 1. The van der Waals surface area contributed by atoms with Gasteiger partial charge in [0.1, 0.15) is 24.1 Å². The van der Waals surface area contributed by atoms with Crippen LogP contribution in [0.5, 0.6) is 11.5 Å². The maximum atomic E-state index is 14.1. The van der Waals surface area contributed by atoms with E-state index >= 15 is 0 Å². The summed E-state index contributed by atoms with van der Waals surface area (Å²) in [6, 6.07) is 18.4. The molecule has 1 N–H and O–H groups in total. The molecule has 3 aromatic rings. The van der Waals surface area contributed by atoms with Crippen molar-refractivity contribution in [2.24, 2.45) is 0 Å². The first-order chi connectivity index (χ1) is 19.5. The van der Waals surface area contributed by atoms with Gasteiger partial charge in [-0.3, -0.25) is 13.9 Å². The van der Waals surface area contributed by atoms with Gasteiger partial charge in [-0.2, -0.15) is 0 Å². The first-order valence-electron chi connectivity index (χ1n) is 13.2. The number of carbonyl (C=O) groups is 2. The van der Waals surface area contributed by atoms with E-state index in [9.17, 15) is 18.0 Å². The van der Waals surface area contributed by atoms with Gasteiger partial charge in [0.05, 0.1) is 24.8 Å². The van der Waals surface area contributed by atoms with Crippen molar-refractivity contribution in [3.63, 3.8) is 0 Å². The molecule has 0 aliphatic carbocycles. The first-order valence-corrected chi connectivity index (χ1v) is 15.0. The summed E-state index contributed by atoms with van der Waals surface area (Å²) in [5.74, 6) is -0.151. The predicted molar refractivity (Wildman–Crippen MR) is 160 cm³/mol. The number of halogens is 1. The Balaban J connectivity index is 2.09. The summed E-state index contributed by atoms with van der Waals surface area (Å²) in [6.45, 7) is 4.86. The van der Waals surface area contributed by atoms with Gasteiger partial charge >= 0.3 is 0 Å². The number of nitrogens with zero attached hydrogens (tertiary/aromatic N) is 2. The van der Waals surface area contributed by atoms with E-state index in [1.807, 2.05) is 13.8 Å². The summed E-state index contributed by atoms with van der Waals surface area (Å²) >= 11 is 6.27. The van der Waals surface area contributed by atoms with Crippen molar-refractivity contribution in [3.05, 3.63) is 83.4 Å². The highest BCUT2D eigenvalue weighted by atomic mass is 35.5. The van der Waals surface area contributed by atoms with E-state index < -0.39 is 28.5 Å². The van der Waals surface area contributed by atoms with E-state index in [0.717, 1.165) is 4.31 Å². The highest BCUT2D eigenvalue weighted by Crippen LogP contribution is 2.35. The Morgan fingerprint density at radius 1 is 0.951 bits per heavy atom. The zero-order chi connectivity index (χ0) is 30.2. The normalized spacial score (nSPS) is 12.6. The molecule has 0 saturated carbocycles. The minimum absolute atomic E-state index is 0.0169. The van der Waals surface area contributed by atoms with E-state index in [1.54, 1.807) is 55.5 Å². The maximum absolute atomic E-state index is 14.1. The van der Waals surface area contributed by atoms with Crippen molar-refractivity contribution in [2.75, 3.05) is 25.1 Å². The Morgan fingerprint density at radius 3 is 2.29 bits per heavy atom. The van der Waals surface area contributed by atoms with Gasteiger partial charge in [0.15, 0.2) is 0 Å². The third-order valence-electron chi connectivity index (χ3n) is 6.68.